The Balaban J connectivity index is 1.15. The molecular weight excluding hydrogens is 713 g/mol. The first-order valence-electron chi connectivity index (χ1n) is 15.7. The first-order valence-corrected chi connectivity index (χ1v) is 17.6. The van der Waals surface area contributed by atoms with Gasteiger partial charge in [-0.25, -0.2) is 19.1 Å². The molecule has 2 aromatic heterocycles. The molecule has 0 radical (unpaired) electrons. The Hall–Kier alpha value is -5.94. The second-order valence-electron chi connectivity index (χ2n) is 12.5. The van der Waals surface area contributed by atoms with Crippen LogP contribution >= 0.6 is 23.1 Å². The number of phenolic OH excluding ortho intramolecular Hbond substituents is 2. The van der Waals surface area contributed by atoms with Gasteiger partial charge in [0.25, 0.3) is 11.8 Å². The van der Waals surface area contributed by atoms with Crippen LogP contribution < -0.4 is 15.6 Å². The molecule has 4 aromatic rings. The van der Waals surface area contributed by atoms with Crippen LogP contribution in [0.5, 0.6) is 11.5 Å². The van der Waals surface area contributed by atoms with Crippen LogP contribution in [-0.4, -0.2) is 82.5 Å². The van der Waals surface area contributed by atoms with Crippen molar-refractivity contribution in [3.8, 4) is 11.5 Å². The van der Waals surface area contributed by atoms with E-state index in [-0.39, 0.29) is 33.8 Å². The van der Waals surface area contributed by atoms with Crippen molar-refractivity contribution in [1.29, 1.82) is 0 Å². The summed E-state index contributed by atoms with van der Waals surface area (Å²) in [4.78, 5) is 60.9. The van der Waals surface area contributed by atoms with Crippen molar-refractivity contribution in [2.45, 2.75) is 44.3 Å². The number of nitrogens with zero attached hydrogens (tertiary/aromatic N) is 4. The highest BCUT2D eigenvalue weighted by Gasteiger charge is 2.54. The van der Waals surface area contributed by atoms with Gasteiger partial charge in [0.1, 0.15) is 22.8 Å². The number of hydrogen-bond donors (Lipinski definition) is 6. The molecule has 268 valence electrons. The van der Waals surface area contributed by atoms with Crippen molar-refractivity contribution in [3.05, 3.63) is 93.9 Å². The maximum absolute atomic E-state index is 13.3. The predicted octanol–water partition coefficient (Wildman–Crippen LogP) is 2.97. The minimum atomic E-state index is -1.78. The largest absolute Gasteiger partial charge is 0.504 e. The summed E-state index contributed by atoms with van der Waals surface area (Å²) in [6, 6.07) is 9.94. The maximum Gasteiger partial charge on any atom is 0.352 e. The Kier molecular flexibility index (Phi) is 9.65. The SMILES string of the molecule is Cc1c(O)c(O)cc2cc[n+](Cc3ccc(/C=C/C4=C(C(=O)O)N5C(=O)[C@@H](NC(=O)/C(=N\OC(C)(C)C(=O)O)c6csc(N)n6)[C@H]5SC4)cc3)cc12. The number of β-lactam (4-membered cyclic amide) rings is 1. The zero-order chi connectivity index (χ0) is 37.5. The van der Waals surface area contributed by atoms with Crippen LogP contribution in [0, 0.1) is 6.92 Å². The second-order valence-corrected chi connectivity index (χ2v) is 14.5. The van der Waals surface area contributed by atoms with Crippen LogP contribution in [0.1, 0.15) is 36.2 Å². The predicted molar refractivity (Wildman–Crippen MR) is 192 cm³/mol. The van der Waals surface area contributed by atoms with Crippen molar-refractivity contribution in [2.24, 2.45) is 5.16 Å². The number of pyridine rings is 1. The first-order chi connectivity index (χ1) is 24.6. The van der Waals surface area contributed by atoms with Crippen molar-refractivity contribution in [3.63, 3.8) is 0 Å². The topological polar surface area (TPSA) is 229 Å². The quantitative estimate of drug-likeness (QED) is 0.0428. The number of carbonyl (C=O) groups excluding carboxylic acids is 2. The average Bonchev–Trinajstić information content (AvgIpc) is 3.54. The molecule has 2 amide bonds. The molecular formula is C35H33N6O9S2+. The molecule has 0 bridgehead atoms. The molecule has 0 unspecified atom stereocenters. The lowest BCUT2D eigenvalue weighted by Gasteiger charge is -2.49. The number of benzene rings is 2. The van der Waals surface area contributed by atoms with E-state index in [2.05, 4.69) is 15.5 Å². The zero-order valence-corrected chi connectivity index (χ0v) is 29.6. The number of nitrogens with two attached hydrogens (primary N) is 1. The minimum Gasteiger partial charge on any atom is -0.504 e. The van der Waals surface area contributed by atoms with Crippen LogP contribution in [0.3, 0.4) is 0 Å². The average molecular weight is 746 g/mol. The number of phenols is 2. The second kappa shape index (κ2) is 14.0. The fourth-order valence-electron chi connectivity index (χ4n) is 5.54. The Morgan fingerprint density at radius 1 is 1.17 bits per heavy atom. The number of aryl methyl sites for hydroxylation is 1. The van der Waals surface area contributed by atoms with Crippen LogP contribution in [0.4, 0.5) is 5.13 Å². The molecule has 17 heteroatoms. The molecule has 2 aliphatic heterocycles. The van der Waals surface area contributed by atoms with Gasteiger partial charge in [0.2, 0.25) is 5.60 Å². The molecule has 2 aromatic carbocycles. The molecule has 2 atom stereocenters. The normalized spacial score (nSPS) is 17.6. The summed E-state index contributed by atoms with van der Waals surface area (Å²) in [6.45, 7) is 4.77. The van der Waals surface area contributed by atoms with E-state index in [1.54, 1.807) is 19.1 Å². The zero-order valence-electron chi connectivity index (χ0n) is 27.9. The number of fused-ring (bicyclic) bond motifs is 2. The van der Waals surface area contributed by atoms with E-state index in [9.17, 15) is 39.6 Å². The van der Waals surface area contributed by atoms with Gasteiger partial charge >= 0.3 is 11.9 Å². The minimum absolute atomic E-state index is 0.0123. The number of allylic oxidation sites excluding steroid dienone is 1. The van der Waals surface area contributed by atoms with E-state index in [0.717, 1.165) is 38.1 Å². The van der Waals surface area contributed by atoms with Gasteiger partial charge in [-0.3, -0.25) is 14.5 Å². The number of hydrogen-bond acceptors (Lipinski definition) is 12. The number of carboxylic acids is 2. The Morgan fingerprint density at radius 3 is 2.56 bits per heavy atom. The standard InChI is InChI=1S/C35H32N6O9S2/c1-17-22-14-40(11-10-20(22)12-24(42)28(17)43)13-19-6-4-18(5-7-19)8-9-21-15-51-31-26(30(45)41(31)27(21)32(46)47)38-29(44)25(23-16-52-34(36)37-23)39-50-35(2,3)33(48)49/h4-12,14,16,26,31H,13,15H2,1-3H3,(H6,36,37,38,43,44,46,47,48,49)/p+1/b9-8+,39-25-/t26-,31-/m1/s1. The van der Waals surface area contributed by atoms with E-state index in [4.69, 9.17) is 10.6 Å². The number of aromatic hydroxyl groups is 2. The Labute approximate surface area is 304 Å². The van der Waals surface area contributed by atoms with Crippen molar-refractivity contribution in [1.82, 2.24) is 15.2 Å². The smallest absolute Gasteiger partial charge is 0.352 e. The highest BCUT2D eigenvalue weighted by atomic mass is 32.2. The fraction of sp³-hybridized carbons (Fsp3) is 0.229. The number of thiazole rings is 1. The number of rotatable bonds is 11. The highest BCUT2D eigenvalue weighted by molar-refractivity contribution is 8.00. The van der Waals surface area contributed by atoms with Gasteiger partial charge < -0.3 is 36.3 Å². The third-order valence-corrected chi connectivity index (χ3v) is 10.5. The first kappa shape index (κ1) is 35.9. The summed E-state index contributed by atoms with van der Waals surface area (Å²) in [5.74, 6) is -4.23. The summed E-state index contributed by atoms with van der Waals surface area (Å²) < 4.78 is 1.96. The van der Waals surface area contributed by atoms with Crippen molar-refractivity contribution >= 4 is 74.5 Å². The molecule has 6 rings (SSSR count). The van der Waals surface area contributed by atoms with E-state index in [1.807, 2.05) is 47.3 Å². The van der Waals surface area contributed by atoms with Crippen LogP contribution in [0.25, 0.3) is 16.8 Å². The Bertz CT molecular complexity index is 2230. The number of aliphatic carboxylic acids is 2. The molecule has 15 nitrogen and oxygen atoms in total. The summed E-state index contributed by atoms with van der Waals surface area (Å²) in [7, 11) is 0. The van der Waals surface area contributed by atoms with Gasteiger partial charge in [-0.05, 0) is 43.4 Å². The van der Waals surface area contributed by atoms with E-state index >= 15 is 0 Å². The molecule has 4 heterocycles. The lowest BCUT2D eigenvalue weighted by Crippen LogP contribution is -2.71. The summed E-state index contributed by atoms with van der Waals surface area (Å²) in [5.41, 5.74) is 6.15. The number of carbonyl (C=O) groups is 4. The molecule has 1 saturated heterocycles. The third-order valence-electron chi connectivity index (χ3n) is 8.51. The van der Waals surface area contributed by atoms with Gasteiger partial charge in [-0.1, -0.05) is 41.6 Å². The highest BCUT2D eigenvalue weighted by Crippen LogP contribution is 2.41. The number of amides is 2. The third kappa shape index (κ3) is 7.00. The van der Waals surface area contributed by atoms with Gasteiger partial charge in [0, 0.05) is 28.3 Å². The van der Waals surface area contributed by atoms with Crippen molar-refractivity contribution < 1.29 is 49.0 Å². The lowest BCUT2D eigenvalue weighted by molar-refractivity contribution is -0.687. The van der Waals surface area contributed by atoms with E-state index in [0.29, 0.717) is 17.7 Å². The number of thioether (sulfide) groups is 1. The monoisotopic (exact) mass is 745 g/mol. The molecule has 2 aliphatic rings. The van der Waals surface area contributed by atoms with Crippen molar-refractivity contribution in [2.75, 3.05) is 11.5 Å². The van der Waals surface area contributed by atoms with Gasteiger partial charge in [-0.15, -0.1) is 23.1 Å². The molecule has 0 saturated carbocycles. The number of aromatic nitrogens is 2. The maximum atomic E-state index is 13.3. The molecule has 7 N–H and O–H groups in total. The molecule has 52 heavy (non-hydrogen) atoms. The molecule has 0 spiro atoms. The number of nitrogen functional groups attached to an aromatic ring is 1. The lowest BCUT2D eigenvalue weighted by atomic mass is 10.0. The Morgan fingerprint density at radius 2 is 1.90 bits per heavy atom. The fourth-order valence-corrected chi connectivity index (χ4v) is 7.41. The van der Waals surface area contributed by atoms with Crippen LogP contribution in [0.2, 0.25) is 0 Å². The number of anilines is 1. The molecule has 0 aliphatic carbocycles. The van der Waals surface area contributed by atoms with Crippen LogP contribution in [0.15, 0.2) is 76.7 Å². The van der Waals surface area contributed by atoms with Gasteiger partial charge in [0.15, 0.2) is 41.3 Å². The van der Waals surface area contributed by atoms with Crippen LogP contribution in [-0.2, 0) is 30.6 Å². The summed E-state index contributed by atoms with van der Waals surface area (Å²) >= 11 is 2.29. The molecule has 1 fully saturated rings. The summed E-state index contributed by atoms with van der Waals surface area (Å²) in [6.07, 6.45) is 7.20. The van der Waals surface area contributed by atoms with Gasteiger partial charge in [0.05, 0.1) is 5.39 Å². The number of carboxylic acid groups (broad SMARTS) is 2. The number of nitrogens with one attached hydrogen (secondary N) is 1. The summed E-state index contributed by atoms with van der Waals surface area (Å²) in [5, 5.41) is 48.3. The van der Waals surface area contributed by atoms with E-state index < -0.39 is 46.5 Å². The number of oxime groups is 1. The van der Waals surface area contributed by atoms with E-state index in [1.165, 1.54) is 37.1 Å². The van der Waals surface area contributed by atoms with Gasteiger partial charge in [-0.2, -0.15) is 0 Å².